The summed E-state index contributed by atoms with van der Waals surface area (Å²) in [5, 5.41) is -0.0794. The van der Waals surface area contributed by atoms with Crippen molar-refractivity contribution in [3.8, 4) is 0 Å². The van der Waals surface area contributed by atoms with E-state index in [0.29, 0.717) is 0 Å². The Labute approximate surface area is 78.2 Å². The van der Waals surface area contributed by atoms with Crippen LogP contribution in [0.1, 0.15) is 24.0 Å². The minimum Gasteiger partial charge on any atom is -0.287 e. The van der Waals surface area contributed by atoms with E-state index in [1.165, 1.54) is 0 Å². The van der Waals surface area contributed by atoms with Crippen molar-refractivity contribution in [1.29, 1.82) is 0 Å². The minimum atomic E-state index is -0.102. The van der Waals surface area contributed by atoms with Crippen LogP contribution in [0.15, 0.2) is 24.3 Å². The molecule has 64 valence electrons. The fraction of sp³-hybridized carbons (Fsp3) is 0.300. The van der Waals surface area contributed by atoms with E-state index in [-0.39, 0.29) is 11.0 Å². The summed E-state index contributed by atoms with van der Waals surface area (Å²) in [6, 6.07) is 7.88. The van der Waals surface area contributed by atoms with E-state index < -0.39 is 0 Å². The smallest absolute Gasteiger partial charge is 0.193 e. The molecule has 0 radical (unpaired) electrons. The van der Waals surface area contributed by atoms with Gasteiger partial charge in [0.2, 0.25) is 0 Å². The molecule has 0 aliphatic rings. The summed E-state index contributed by atoms with van der Waals surface area (Å²) in [6.07, 6.45) is 0. The zero-order valence-corrected chi connectivity index (χ0v) is 8.14. The van der Waals surface area contributed by atoms with Crippen LogP contribution in [0.3, 0.4) is 0 Å². The van der Waals surface area contributed by atoms with Crippen molar-refractivity contribution in [1.82, 2.24) is 0 Å². The Hall–Kier alpha value is -0.760. The molecule has 0 bridgehead atoms. The van der Waals surface area contributed by atoms with E-state index in [1.54, 1.807) is 0 Å². The average molecular weight is 180 g/mol. The van der Waals surface area contributed by atoms with Gasteiger partial charge >= 0.3 is 0 Å². The third-order valence-corrected chi connectivity index (χ3v) is 2.41. The van der Waals surface area contributed by atoms with Crippen LogP contribution in [0.5, 0.6) is 0 Å². The fourth-order valence-electron chi connectivity index (χ4n) is 1.21. The Balaban J connectivity index is 3.02. The molecule has 2 heteroatoms. The second-order valence-corrected chi connectivity index (χ2v) is 3.36. The SMILES string of the molecule is Cc1ccccc1C(C)C(=O)S. The number of carbonyl (C=O) groups excluding carboxylic acids is 1. The summed E-state index contributed by atoms with van der Waals surface area (Å²) in [5.74, 6) is -0.102. The van der Waals surface area contributed by atoms with Crippen molar-refractivity contribution in [2.45, 2.75) is 19.8 Å². The highest BCUT2D eigenvalue weighted by Gasteiger charge is 2.12. The molecule has 0 fully saturated rings. The van der Waals surface area contributed by atoms with Gasteiger partial charge in [0.25, 0.3) is 0 Å². The molecule has 0 amide bonds. The second-order valence-electron chi connectivity index (χ2n) is 2.92. The van der Waals surface area contributed by atoms with Crippen LogP contribution in [0.25, 0.3) is 0 Å². The van der Waals surface area contributed by atoms with Gasteiger partial charge in [-0.2, -0.15) is 0 Å². The van der Waals surface area contributed by atoms with Crippen LogP contribution in [0.4, 0.5) is 0 Å². The van der Waals surface area contributed by atoms with E-state index in [9.17, 15) is 4.79 Å². The van der Waals surface area contributed by atoms with Crippen molar-refractivity contribution < 1.29 is 4.79 Å². The second kappa shape index (κ2) is 3.76. The summed E-state index contributed by atoms with van der Waals surface area (Å²) >= 11 is 3.81. The molecule has 0 aliphatic heterocycles. The standard InChI is InChI=1S/C10H12OS/c1-7-5-3-4-6-9(7)8(2)10(11)12/h3-6,8H,1-2H3,(H,11,12). The van der Waals surface area contributed by atoms with Gasteiger partial charge in [-0.25, -0.2) is 0 Å². The zero-order chi connectivity index (χ0) is 9.14. The van der Waals surface area contributed by atoms with Crippen LogP contribution in [0, 0.1) is 6.92 Å². The topological polar surface area (TPSA) is 17.1 Å². The van der Waals surface area contributed by atoms with Gasteiger partial charge in [-0.15, -0.1) is 12.6 Å². The number of carbonyl (C=O) groups is 1. The molecular formula is C10H12OS. The lowest BCUT2D eigenvalue weighted by molar-refractivity contribution is -0.111. The molecule has 1 rings (SSSR count). The van der Waals surface area contributed by atoms with Gasteiger partial charge in [0.15, 0.2) is 5.12 Å². The molecule has 0 N–H and O–H groups in total. The molecule has 1 unspecified atom stereocenters. The molecule has 1 nitrogen and oxygen atoms in total. The number of hydrogen-bond acceptors (Lipinski definition) is 1. The molecule has 12 heavy (non-hydrogen) atoms. The minimum absolute atomic E-state index is 0.0794. The monoisotopic (exact) mass is 180 g/mol. The number of hydrogen-bond donors (Lipinski definition) is 1. The van der Waals surface area contributed by atoms with Gasteiger partial charge in [-0.3, -0.25) is 4.79 Å². The molecule has 1 atom stereocenters. The van der Waals surface area contributed by atoms with Gasteiger partial charge in [0.1, 0.15) is 0 Å². The van der Waals surface area contributed by atoms with E-state index in [4.69, 9.17) is 0 Å². The maximum Gasteiger partial charge on any atom is 0.193 e. The predicted octanol–water partition coefficient (Wildman–Crippen LogP) is 2.55. The van der Waals surface area contributed by atoms with E-state index in [2.05, 4.69) is 12.6 Å². The molecular weight excluding hydrogens is 168 g/mol. The van der Waals surface area contributed by atoms with E-state index in [1.807, 2.05) is 38.1 Å². The van der Waals surface area contributed by atoms with Crippen LogP contribution in [-0.2, 0) is 4.79 Å². The van der Waals surface area contributed by atoms with Crippen molar-refractivity contribution in [2.75, 3.05) is 0 Å². The Morgan fingerprint density at radius 2 is 2.00 bits per heavy atom. The summed E-state index contributed by atoms with van der Waals surface area (Å²) in [5.41, 5.74) is 2.21. The van der Waals surface area contributed by atoms with Gasteiger partial charge in [-0.1, -0.05) is 31.2 Å². The van der Waals surface area contributed by atoms with Crippen LogP contribution in [-0.4, -0.2) is 5.12 Å². The first kappa shape index (κ1) is 9.33. The van der Waals surface area contributed by atoms with Crippen LogP contribution < -0.4 is 0 Å². The van der Waals surface area contributed by atoms with Gasteiger partial charge in [-0.05, 0) is 18.1 Å². The molecule has 0 aliphatic carbocycles. The maximum absolute atomic E-state index is 11.0. The number of benzene rings is 1. The first-order valence-electron chi connectivity index (χ1n) is 3.91. The van der Waals surface area contributed by atoms with E-state index >= 15 is 0 Å². The zero-order valence-electron chi connectivity index (χ0n) is 7.24. The first-order valence-corrected chi connectivity index (χ1v) is 4.36. The van der Waals surface area contributed by atoms with Crippen LogP contribution in [0.2, 0.25) is 0 Å². The Morgan fingerprint density at radius 1 is 1.42 bits per heavy atom. The highest BCUT2D eigenvalue weighted by molar-refractivity contribution is 7.96. The quantitative estimate of drug-likeness (QED) is 0.692. The lowest BCUT2D eigenvalue weighted by Gasteiger charge is -2.09. The molecule has 1 aromatic carbocycles. The molecule has 0 saturated carbocycles. The largest absolute Gasteiger partial charge is 0.287 e. The number of aryl methyl sites for hydroxylation is 1. The van der Waals surface area contributed by atoms with E-state index in [0.717, 1.165) is 11.1 Å². The number of rotatable bonds is 2. The fourth-order valence-corrected chi connectivity index (χ4v) is 1.34. The highest BCUT2D eigenvalue weighted by Crippen LogP contribution is 2.20. The van der Waals surface area contributed by atoms with Gasteiger partial charge in [0, 0.05) is 0 Å². The maximum atomic E-state index is 11.0. The Morgan fingerprint density at radius 3 is 2.50 bits per heavy atom. The molecule has 0 saturated heterocycles. The van der Waals surface area contributed by atoms with Gasteiger partial charge in [0.05, 0.1) is 5.92 Å². The Bertz CT molecular complexity index is 294. The summed E-state index contributed by atoms with van der Waals surface area (Å²) in [7, 11) is 0. The summed E-state index contributed by atoms with van der Waals surface area (Å²) < 4.78 is 0. The molecule has 0 aromatic heterocycles. The third-order valence-electron chi connectivity index (χ3n) is 2.03. The summed E-state index contributed by atoms with van der Waals surface area (Å²) in [6.45, 7) is 3.88. The van der Waals surface area contributed by atoms with Crippen molar-refractivity contribution in [2.24, 2.45) is 0 Å². The van der Waals surface area contributed by atoms with Gasteiger partial charge < -0.3 is 0 Å². The third kappa shape index (κ3) is 1.89. The normalized spacial score (nSPS) is 12.6. The lowest BCUT2D eigenvalue weighted by Crippen LogP contribution is -2.03. The van der Waals surface area contributed by atoms with Crippen molar-refractivity contribution in [3.05, 3.63) is 35.4 Å². The predicted molar refractivity (Wildman–Crippen MR) is 53.6 cm³/mol. The summed E-state index contributed by atoms with van der Waals surface area (Å²) in [4.78, 5) is 11.0. The first-order chi connectivity index (χ1) is 5.63. The lowest BCUT2D eigenvalue weighted by atomic mass is 9.98. The van der Waals surface area contributed by atoms with Crippen molar-refractivity contribution >= 4 is 17.7 Å². The van der Waals surface area contributed by atoms with Crippen LogP contribution >= 0.6 is 12.6 Å². The molecule has 0 spiro atoms. The molecule has 1 aromatic rings. The van der Waals surface area contributed by atoms with Crippen molar-refractivity contribution in [3.63, 3.8) is 0 Å². The molecule has 0 heterocycles. The number of thiol groups is 1. The Kier molecular flexibility index (Phi) is 2.93. The highest BCUT2D eigenvalue weighted by atomic mass is 32.1. The average Bonchev–Trinajstić information content (AvgIpc) is 2.04.